The molecule has 2 nitrogen and oxygen atoms in total. The van der Waals surface area contributed by atoms with Crippen LogP contribution in [0.5, 0.6) is 0 Å². The van der Waals surface area contributed by atoms with E-state index in [1.54, 1.807) is 0 Å². The molecule has 0 fully saturated rings. The predicted molar refractivity (Wildman–Crippen MR) is 73.0 cm³/mol. The SMILES string of the molecule is CC(CN(C)C)NC(c1cccs1)C(C)C. The maximum Gasteiger partial charge on any atom is 0.0440 e. The van der Waals surface area contributed by atoms with Gasteiger partial charge in [-0.25, -0.2) is 0 Å². The standard InChI is InChI=1S/C13H24N2S/c1-10(2)13(12-7-6-8-16-12)14-11(3)9-15(4)5/h6-8,10-11,13-14H,9H2,1-5H3. The van der Waals surface area contributed by atoms with E-state index >= 15 is 0 Å². The second-order valence-electron chi connectivity index (χ2n) is 5.07. The van der Waals surface area contributed by atoms with Crippen molar-refractivity contribution in [1.29, 1.82) is 0 Å². The zero-order valence-electron chi connectivity index (χ0n) is 11.0. The number of hydrogen-bond acceptors (Lipinski definition) is 3. The summed E-state index contributed by atoms with van der Waals surface area (Å²) in [6.07, 6.45) is 0. The van der Waals surface area contributed by atoms with E-state index in [0.717, 1.165) is 6.54 Å². The van der Waals surface area contributed by atoms with Gasteiger partial charge >= 0.3 is 0 Å². The first-order valence-electron chi connectivity index (χ1n) is 5.95. The summed E-state index contributed by atoms with van der Waals surface area (Å²) in [5, 5.41) is 5.87. The largest absolute Gasteiger partial charge is 0.308 e. The number of likely N-dealkylation sites (N-methyl/N-ethyl adjacent to an activating group) is 1. The summed E-state index contributed by atoms with van der Waals surface area (Å²) in [6, 6.07) is 5.36. The summed E-state index contributed by atoms with van der Waals surface area (Å²) < 4.78 is 0. The van der Waals surface area contributed by atoms with Crippen LogP contribution in [0.15, 0.2) is 17.5 Å². The Kier molecular flexibility index (Phi) is 5.46. The third kappa shape index (κ3) is 4.24. The molecule has 0 aliphatic rings. The lowest BCUT2D eigenvalue weighted by atomic mass is 10.0. The molecule has 0 aliphatic carbocycles. The molecule has 1 heterocycles. The molecule has 1 aromatic heterocycles. The minimum atomic E-state index is 0.481. The van der Waals surface area contributed by atoms with Crippen LogP contribution in [0.3, 0.4) is 0 Å². The van der Waals surface area contributed by atoms with Crippen molar-refractivity contribution in [3.63, 3.8) is 0 Å². The molecule has 92 valence electrons. The van der Waals surface area contributed by atoms with E-state index in [-0.39, 0.29) is 0 Å². The summed E-state index contributed by atoms with van der Waals surface area (Å²) in [4.78, 5) is 3.67. The molecule has 0 aliphatic heterocycles. The third-order valence-electron chi connectivity index (χ3n) is 2.62. The molecule has 1 rings (SSSR count). The summed E-state index contributed by atoms with van der Waals surface area (Å²) in [5.74, 6) is 0.628. The van der Waals surface area contributed by atoms with Crippen molar-refractivity contribution in [3.05, 3.63) is 22.4 Å². The first-order valence-corrected chi connectivity index (χ1v) is 6.83. The van der Waals surface area contributed by atoms with Crippen molar-refractivity contribution in [2.75, 3.05) is 20.6 Å². The van der Waals surface area contributed by atoms with Crippen molar-refractivity contribution in [2.45, 2.75) is 32.9 Å². The van der Waals surface area contributed by atoms with Crippen LogP contribution in [0.4, 0.5) is 0 Å². The predicted octanol–water partition coefficient (Wildman–Crippen LogP) is 2.98. The molecule has 0 radical (unpaired) electrons. The molecule has 0 bridgehead atoms. The molecule has 0 spiro atoms. The molecule has 16 heavy (non-hydrogen) atoms. The Labute approximate surface area is 104 Å². The van der Waals surface area contributed by atoms with Gasteiger partial charge in [-0.05, 0) is 38.4 Å². The highest BCUT2D eigenvalue weighted by molar-refractivity contribution is 7.10. The van der Waals surface area contributed by atoms with Crippen molar-refractivity contribution in [3.8, 4) is 0 Å². The first kappa shape index (κ1) is 13.7. The van der Waals surface area contributed by atoms with Crippen LogP contribution in [-0.4, -0.2) is 31.6 Å². The van der Waals surface area contributed by atoms with E-state index in [9.17, 15) is 0 Å². The molecule has 3 heteroatoms. The van der Waals surface area contributed by atoms with Crippen molar-refractivity contribution in [1.82, 2.24) is 10.2 Å². The van der Waals surface area contributed by atoms with Crippen LogP contribution >= 0.6 is 11.3 Å². The first-order chi connectivity index (χ1) is 7.50. The average Bonchev–Trinajstić information content (AvgIpc) is 2.64. The Bertz CT molecular complexity index is 280. The Morgan fingerprint density at radius 3 is 2.44 bits per heavy atom. The van der Waals surface area contributed by atoms with Gasteiger partial charge in [-0.1, -0.05) is 19.9 Å². The van der Waals surface area contributed by atoms with Gasteiger partial charge in [-0.15, -0.1) is 11.3 Å². The van der Waals surface area contributed by atoms with Crippen LogP contribution in [0.2, 0.25) is 0 Å². The van der Waals surface area contributed by atoms with Crippen LogP contribution < -0.4 is 5.32 Å². The normalized spacial score (nSPS) is 15.7. The fraction of sp³-hybridized carbons (Fsp3) is 0.692. The van der Waals surface area contributed by atoms with Gasteiger partial charge < -0.3 is 10.2 Å². The van der Waals surface area contributed by atoms with Gasteiger partial charge in [0, 0.05) is 23.5 Å². The van der Waals surface area contributed by atoms with E-state index in [0.29, 0.717) is 18.0 Å². The van der Waals surface area contributed by atoms with Gasteiger partial charge in [0.05, 0.1) is 0 Å². The number of hydrogen-bond donors (Lipinski definition) is 1. The molecule has 0 saturated carbocycles. The molecule has 0 aromatic carbocycles. The Balaban J connectivity index is 2.59. The van der Waals surface area contributed by atoms with Crippen LogP contribution in [-0.2, 0) is 0 Å². The minimum Gasteiger partial charge on any atom is -0.308 e. The van der Waals surface area contributed by atoms with E-state index < -0.39 is 0 Å². The highest BCUT2D eigenvalue weighted by Crippen LogP contribution is 2.26. The second kappa shape index (κ2) is 6.38. The van der Waals surface area contributed by atoms with Crippen LogP contribution in [0, 0.1) is 5.92 Å². The molecule has 1 N–H and O–H groups in total. The monoisotopic (exact) mass is 240 g/mol. The summed E-state index contributed by atoms with van der Waals surface area (Å²) >= 11 is 1.84. The smallest absolute Gasteiger partial charge is 0.0440 e. The number of nitrogens with zero attached hydrogens (tertiary/aromatic N) is 1. The maximum atomic E-state index is 3.72. The number of thiophene rings is 1. The average molecular weight is 240 g/mol. The van der Waals surface area contributed by atoms with Crippen molar-refractivity contribution in [2.24, 2.45) is 5.92 Å². The lowest BCUT2D eigenvalue weighted by molar-refractivity contribution is 0.304. The molecular weight excluding hydrogens is 216 g/mol. The van der Waals surface area contributed by atoms with Gasteiger partial charge in [-0.3, -0.25) is 0 Å². The molecular formula is C13H24N2S. The Morgan fingerprint density at radius 2 is 2.00 bits per heavy atom. The molecule has 2 unspecified atom stereocenters. The second-order valence-corrected chi connectivity index (χ2v) is 6.05. The fourth-order valence-corrected chi connectivity index (χ4v) is 2.94. The van der Waals surface area contributed by atoms with Gasteiger partial charge in [0.25, 0.3) is 0 Å². The molecule has 0 amide bonds. The highest BCUT2D eigenvalue weighted by atomic mass is 32.1. The molecule has 1 aromatic rings. The highest BCUT2D eigenvalue weighted by Gasteiger charge is 2.18. The maximum absolute atomic E-state index is 3.72. The third-order valence-corrected chi connectivity index (χ3v) is 3.57. The van der Waals surface area contributed by atoms with Crippen LogP contribution in [0.25, 0.3) is 0 Å². The topological polar surface area (TPSA) is 15.3 Å². The number of nitrogens with one attached hydrogen (secondary N) is 1. The fourth-order valence-electron chi connectivity index (χ4n) is 1.98. The van der Waals surface area contributed by atoms with Gasteiger partial charge in [0.2, 0.25) is 0 Å². The lowest BCUT2D eigenvalue weighted by Gasteiger charge is -2.27. The van der Waals surface area contributed by atoms with E-state index in [1.807, 2.05) is 11.3 Å². The summed E-state index contributed by atoms with van der Waals surface area (Å²) in [5.41, 5.74) is 0. The zero-order valence-corrected chi connectivity index (χ0v) is 11.8. The Hall–Kier alpha value is -0.380. The van der Waals surface area contributed by atoms with Crippen molar-refractivity contribution < 1.29 is 0 Å². The molecule has 0 saturated heterocycles. The van der Waals surface area contributed by atoms with E-state index in [1.165, 1.54) is 4.88 Å². The lowest BCUT2D eigenvalue weighted by Crippen LogP contribution is -2.39. The summed E-state index contributed by atoms with van der Waals surface area (Å²) in [6.45, 7) is 7.89. The van der Waals surface area contributed by atoms with Crippen molar-refractivity contribution >= 4 is 11.3 Å². The van der Waals surface area contributed by atoms with Gasteiger partial charge in [0.15, 0.2) is 0 Å². The van der Waals surface area contributed by atoms with E-state index in [2.05, 4.69) is 62.6 Å². The van der Waals surface area contributed by atoms with Gasteiger partial charge in [0.1, 0.15) is 0 Å². The summed E-state index contributed by atoms with van der Waals surface area (Å²) in [7, 11) is 4.24. The minimum absolute atomic E-state index is 0.481. The Morgan fingerprint density at radius 1 is 1.31 bits per heavy atom. The quantitative estimate of drug-likeness (QED) is 0.822. The van der Waals surface area contributed by atoms with Gasteiger partial charge in [-0.2, -0.15) is 0 Å². The zero-order chi connectivity index (χ0) is 12.1. The van der Waals surface area contributed by atoms with Crippen LogP contribution in [0.1, 0.15) is 31.7 Å². The molecule has 2 atom stereocenters. The van der Waals surface area contributed by atoms with E-state index in [4.69, 9.17) is 0 Å². The number of rotatable bonds is 6.